The summed E-state index contributed by atoms with van der Waals surface area (Å²) in [7, 11) is 0. The molecule has 2 unspecified atom stereocenters. The van der Waals surface area contributed by atoms with Gasteiger partial charge in [0.05, 0.1) is 11.8 Å². The maximum absolute atomic E-state index is 12.8. The van der Waals surface area contributed by atoms with Crippen molar-refractivity contribution in [2.45, 2.75) is 38.7 Å². The van der Waals surface area contributed by atoms with E-state index in [1.165, 1.54) is 5.56 Å². The average molecular weight is 354 g/mol. The Bertz CT molecular complexity index is 797. The molecule has 2 atom stereocenters. The van der Waals surface area contributed by atoms with Crippen molar-refractivity contribution in [3.8, 4) is 5.69 Å². The molecule has 4 rings (SSSR count). The standard InChI is InChI=1S/C20H26N4O2/c1-13-6-8-15(9-7-13)24-17-5-3-2-4-16(17)19(23-24)20(26)22-11-14-10-21-12-18(14)25/h6-9,14,18,21,25H,2-5,10-12H2,1H3,(H,22,26). The lowest BCUT2D eigenvalue weighted by atomic mass is 9.95. The monoisotopic (exact) mass is 354 g/mol. The molecular weight excluding hydrogens is 328 g/mol. The number of aliphatic hydroxyl groups is 1. The van der Waals surface area contributed by atoms with Gasteiger partial charge in [-0.25, -0.2) is 4.68 Å². The summed E-state index contributed by atoms with van der Waals surface area (Å²) in [5, 5.41) is 20.7. The number of rotatable bonds is 4. The minimum Gasteiger partial charge on any atom is -0.391 e. The number of hydrogen-bond donors (Lipinski definition) is 3. The van der Waals surface area contributed by atoms with Crippen LogP contribution in [0.2, 0.25) is 0 Å². The highest BCUT2D eigenvalue weighted by atomic mass is 16.3. The van der Waals surface area contributed by atoms with E-state index in [2.05, 4.69) is 46.9 Å². The number of carbonyl (C=O) groups excluding carboxylic acids is 1. The number of carbonyl (C=O) groups is 1. The van der Waals surface area contributed by atoms with E-state index < -0.39 is 6.10 Å². The Balaban J connectivity index is 1.59. The zero-order valence-electron chi connectivity index (χ0n) is 15.2. The summed E-state index contributed by atoms with van der Waals surface area (Å²) in [4.78, 5) is 12.8. The van der Waals surface area contributed by atoms with E-state index in [-0.39, 0.29) is 11.8 Å². The highest BCUT2D eigenvalue weighted by Crippen LogP contribution is 2.27. The van der Waals surface area contributed by atoms with Crippen LogP contribution < -0.4 is 10.6 Å². The number of benzene rings is 1. The molecular formula is C20H26N4O2. The number of aromatic nitrogens is 2. The van der Waals surface area contributed by atoms with E-state index in [0.29, 0.717) is 18.8 Å². The fourth-order valence-electron chi connectivity index (χ4n) is 3.92. The average Bonchev–Trinajstić information content (AvgIpc) is 3.24. The van der Waals surface area contributed by atoms with Crippen molar-refractivity contribution in [1.29, 1.82) is 0 Å². The van der Waals surface area contributed by atoms with Gasteiger partial charge in [-0.05, 0) is 44.7 Å². The third-order valence-corrected chi connectivity index (χ3v) is 5.50. The molecule has 0 bridgehead atoms. The Hall–Kier alpha value is -2.18. The maximum atomic E-state index is 12.8. The highest BCUT2D eigenvalue weighted by Gasteiger charge is 2.28. The third kappa shape index (κ3) is 3.27. The predicted octanol–water partition coefficient (Wildman–Crippen LogP) is 1.37. The minimum absolute atomic E-state index is 0.0639. The van der Waals surface area contributed by atoms with E-state index in [1.54, 1.807) is 0 Å². The molecule has 3 N–H and O–H groups in total. The van der Waals surface area contributed by atoms with Crippen molar-refractivity contribution >= 4 is 5.91 Å². The molecule has 26 heavy (non-hydrogen) atoms. The first-order valence-electron chi connectivity index (χ1n) is 9.48. The van der Waals surface area contributed by atoms with Gasteiger partial charge in [0.2, 0.25) is 0 Å². The summed E-state index contributed by atoms with van der Waals surface area (Å²) < 4.78 is 1.94. The van der Waals surface area contributed by atoms with Crippen LogP contribution in [0, 0.1) is 12.8 Å². The predicted molar refractivity (Wildman–Crippen MR) is 99.6 cm³/mol. The molecule has 1 aromatic carbocycles. The Kier molecular flexibility index (Phi) is 4.78. The number of fused-ring (bicyclic) bond motifs is 1. The number of aliphatic hydroxyl groups excluding tert-OH is 1. The Morgan fingerprint density at radius 3 is 2.77 bits per heavy atom. The lowest BCUT2D eigenvalue weighted by Gasteiger charge is -2.15. The summed E-state index contributed by atoms with van der Waals surface area (Å²) in [6.45, 7) is 3.86. The summed E-state index contributed by atoms with van der Waals surface area (Å²) in [6.07, 6.45) is 3.69. The number of hydrogen-bond acceptors (Lipinski definition) is 4. The molecule has 0 radical (unpaired) electrons. The quantitative estimate of drug-likeness (QED) is 0.775. The molecule has 0 spiro atoms. The summed E-state index contributed by atoms with van der Waals surface area (Å²) in [5.74, 6) is -0.0675. The van der Waals surface area contributed by atoms with Gasteiger partial charge in [-0.1, -0.05) is 17.7 Å². The van der Waals surface area contributed by atoms with Crippen LogP contribution in [0.25, 0.3) is 5.69 Å². The number of β-amino-alcohol motifs (C(OH)–C–C–N with tert-alkyl or cyclic N) is 1. The van der Waals surface area contributed by atoms with Crippen LogP contribution in [-0.4, -0.2) is 46.5 Å². The van der Waals surface area contributed by atoms with E-state index >= 15 is 0 Å². The fourth-order valence-corrected chi connectivity index (χ4v) is 3.92. The van der Waals surface area contributed by atoms with E-state index in [9.17, 15) is 9.90 Å². The molecule has 6 heteroatoms. The van der Waals surface area contributed by atoms with Crippen molar-refractivity contribution in [2.75, 3.05) is 19.6 Å². The number of nitrogens with one attached hydrogen (secondary N) is 2. The van der Waals surface area contributed by atoms with Crippen molar-refractivity contribution in [3.63, 3.8) is 0 Å². The molecule has 2 heterocycles. The maximum Gasteiger partial charge on any atom is 0.272 e. The van der Waals surface area contributed by atoms with Crippen molar-refractivity contribution < 1.29 is 9.90 Å². The second kappa shape index (κ2) is 7.21. The zero-order chi connectivity index (χ0) is 18.1. The second-order valence-corrected chi connectivity index (χ2v) is 7.42. The van der Waals surface area contributed by atoms with E-state index in [4.69, 9.17) is 0 Å². The van der Waals surface area contributed by atoms with Gasteiger partial charge in [-0.15, -0.1) is 0 Å². The summed E-state index contributed by atoms with van der Waals surface area (Å²) in [5.41, 5.74) is 4.99. The molecule has 6 nitrogen and oxygen atoms in total. The molecule has 1 amide bonds. The first-order valence-corrected chi connectivity index (χ1v) is 9.48. The molecule has 2 aliphatic rings. The Labute approximate surface area is 153 Å². The summed E-state index contributed by atoms with van der Waals surface area (Å²) in [6, 6.07) is 8.25. The van der Waals surface area contributed by atoms with Crippen molar-refractivity contribution in [1.82, 2.24) is 20.4 Å². The van der Waals surface area contributed by atoms with Gasteiger partial charge in [0.25, 0.3) is 5.91 Å². The Morgan fingerprint density at radius 2 is 2.04 bits per heavy atom. The van der Waals surface area contributed by atoms with Gasteiger partial charge >= 0.3 is 0 Å². The van der Waals surface area contributed by atoms with E-state index in [1.807, 2.05) is 4.68 Å². The van der Waals surface area contributed by atoms with Crippen LogP contribution in [0.3, 0.4) is 0 Å². The normalized spacial score (nSPS) is 22.2. The molecule has 1 aliphatic heterocycles. The third-order valence-electron chi connectivity index (χ3n) is 5.50. The van der Waals surface area contributed by atoms with Gasteiger partial charge < -0.3 is 15.7 Å². The van der Waals surface area contributed by atoms with Crippen LogP contribution in [0.1, 0.15) is 40.2 Å². The lowest BCUT2D eigenvalue weighted by molar-refractivity contribution is 0.0920. The molecule has 1 aromatic heterocycles. The highest BCUT2D eigenvalue weighted by molar-refractivity contribution is 5.94. The largest absolute Gasteiger partial charge is 0.391 e. The first-order chi connectivity index (χ1) is 12.6. The molecule has 1 saturated heterocycles. The molecule has 1 fully saturated rings. The van der Waals surface area contributed by atoms with Crippen LogP contribution in [-0.2, 0) is 12.8 Å². The van der Waals surface area contributed by atoms with Gasteiger partial charge in [-0.3, -0.25) is 4.79 Å². The minimum atomic E-state index is -0.394. The molecule has 2 aromatic rings. The molecule has 1 aliphatic carbocycles. The van der Waals surface area contributed by atoms with Gasteiger partial charge in [0, 0.05) is 36.8 Å². The number of nitrogens with zero attached hydrogens (tertiary/aromatic N) is 2. The topological polar surface area (TPSA) is 79.2 Å². The lowest BCUT2D eigenvalue weighted by Crippen LogP contribution is -2.35. The Morgan fingerprint density at radius 1 is 1.27 bits per heavy atom. The first kappa shape index (κ1) is 17.2. The van der Waals surface area contributed by atoms with Gasteiger partial charge in [-0.2, -0.15) is 5.10 Å². The van der Waals surface area contributed by atoms with Crippen LogP contribution >= 0.6 is 0 Å². The second-order valence-electron chi connectivity index (χ2n) is 7.42. The summed E-state index contributed by atoms with van der Waals surface area (Å²) >= 11 is 0. The van der Waals surface area contributed by atoms with Gasteiger partial charge in [0.15, 0.2) is 5.69 Å². The number of aryl methyl sites for hydroxylation is 1. The molecule has 138 valence electrons. The van der Waals surface area contributed by atoms with Crippen LogP contribution in [0.5, 0.6) is 0 Å². The molecule has 0 saturated carbocycles. The van der Waals surface area contributed by atoms with E-state index in [0.717, 1.165) is 49.2 Å². The van der Waals surface area contributed by atoms with Crippen molar-refractivity contribution in [3.05, 3.63) is 46.8 Å². The SMILES string of the molecule is Cc1ccc(-n2nc(C(=O)NCC3CNCC3O)c3c2CCCC3)cc1. The smallest absolute Gasteiger partial charge is 0.272 e. The number of amides is 1. The van der Waals surface area contributed by atoms with Crippen LogP contribution in [0.15, 0.2) is 24.3 Å². The van der Waals surface area contributed by atoms with Gasteiger partial charge in [0.1, 0.15) is 0 Å². The van der Waals surface area contributed by atoms with Crippen LogP contribution in [0.4, 0.5) is 0 Å². The fraction of sp³-hybridized carbons (Fsp3) is 0.500. The zero-order valence-corrected chi connectivity index (χ0v) is 15.2. The van der Waals surface area contributed by atoms with Crippen molar-refractivity contribution in [2.24, 2.45) is 5.92 Å².